The lowest BCUT2D eigenvalue weighted by Gasteiger charge is -1.90. The minimum atomic E-state index is 0. The summed E-state index contributed by atoms with van der Waals surface area (Å²) < 4.78 is 0. The van der Waals surface area contributed by atoms with Gasteiger partial charge in [-0.1, -0.05) is 0 Å². The molecule has 4 N–H and O–H groups in total. The van der Waals surface area contributed by atoms with Gasteiger partial charge < -0.3 is 16.4 Å². The Bertz CT molecular complexity index is 44.2. The van der Waals surface area contributed by atoms with Crippen LogP contribution in [0.2, 0.25) is 0 Å². The summed E-state index contributed by atoms with van der Waals surface area (Å²) in [5, 5.41) is 0. The quantitative estimate of drug-likeness (QED) is 0.689. The molecule has 0 unspecified atom stereocenters. The summed E-state index contributed by atoms with van der Waals surface area (Å²) in [6, 6.07) is 0. The fraction of sp³-hybridized carbons (Fsp3) is 1.00. The van der Waals surface area contributed by atoms with Crippen LogP contribution >= 0.6 is 17.0 Å². The van der Waals surface area contributed by atoms with Crippen LogP contribution in [0, 0.1) is 0 Å². The molecule has 0 aliphatic rings. The van der Waals surface area contributed by atoms with Crippen molar-refractivity contribution >= 4 is 17.0 Å². The van der Waals surface area contributed by atoms with Crippen LogP contribution in [-0.2, 0) is 0 Å². The highest BCUT2D eigenvalue weighted by atomic mass is 79.9. The molecule has 0 aromatic heterocycles. The average molecular weight is 228 g/mol. The summed E-state index contributed by atoms with van der Waals surface area (Å²) in [4.78, 5) is 2.00. The molecule has 3 nitrogen and oxygen atoms in total. The van der Waals surface area contributed by atoms with E-state index in [-0.39, 0.29) is 17.0 Å². The smallest absolute Gasteiger partial charge is 0.00768 e. The number of halogens is 1. The number of hydrogen-bond donors (Lipinski definition) is 2. The molecule has 0 saturated carbocycles. The number of unbranched alkanes of at least 4 members (excludes halogenated alkanes) is 1. The first-order valence-corrected chi connectivity index (χ1v) is 3.66. The van der Waals surface area contributed by atoms with E-state index >= 15 is 0 Å². The lowest BCUT2D eigenvalue weighted by Crippen LogP contribution is -2.03. The Kier molecular flexibility index (Phi) is 26.6. The summed E-state index contributed by atoms with van der Waals surface area (Å²) in [5.74, 6) is 0. The van der Waals surface area contributed by atoms with Crippen molar-refractivity contribution in [1.29, 1.82) is 0 Å². The Morgan fingerprint density at radius 3 is 1.18 bits per heavy atom. The van der Waals surface area contributed by atoms with Gasteiger partial charge in [0, 0.05) is 0 Å². The standard InChI is InChI=1S/C4H12N2.C3H9N.BrH/c5-3-1-2-4-6;1-4(2)3;/h1-6H2;1-3H3;1H. The van der Waals surface area contributed by atoms with E-state index in [2.05, 4.69) is 0 Å². The van der Waals surface area contributed by atoms with Crippen molar-refractivity contribution in [2.24, 2.45) is 11.5 Å². The van der Waals surface area contributed by atoms with Gasteiger partial charge >= 0.3 is 0 Å². The van der Waals surface area contributed by atoms with E-state index < -0.39 is 0 Å². The van der Waals surface area contributed by atoms with E-state index in [1.54, 1.807) is 0 Å². The molecule has 0 saturated heterocycles. The van der Waals surface area contributed by atoms with Crippen LogP contribution in [0.5, 0.6) is 0 Å². The Hall–Kier alpha value is 0.360. The highest BCUT2D eigenvalue weighted by Crippen LogP contribution is 1.77. The third kappa shape index (κ3) is 64.1. The van der Waals surface area contributed by atoms with Crippen molar-refractivity contribution in [2.75, 3.05) is 34.2 Å². The van der Waals surface area contributed by atoms with Crippen LogP contribution in [-0.4, -0.2) is 39.1 Å². The van der Waals surface area contributed by atoms with E-state index in [1.807, 2.05) is 26.0 Å². The van der Waals surface area contributed by atoms with E-state index in [0.29, 0.717) is 0 Å². The van der Waals surface area contributed by atoms with E-state index in [1.165, 1.54) is 0 Å². The van der Waals surface area contributed by atoms with E-state index in [4.69, 9.17) is 11.5 Å². The fourth-order valence-electron chi connectivity index (χ4n) is 0.289. The molecule has 0 aliphatic carbocycles. The summed E-state index contributed by atoms with van der Waals surface area (Å²) >= 11 is 0. The number of nitrogens with zero attached hydrogens (tertiary/aromatic N) is 1. The van der Waals surface area contributed by atoms with E-state index in [0.717, 1.165) is 25.9 Å². The zero-order chi connectivity index (χ0) is 8.41. The molecule has 11 heavy (non-hydrogen) atoms. The van der Waals surface area contributed by atoms with Crippen LogP contribution in [0.15, 0.2) is 0 Å². The van der Waals surface area contributed by atoms with Crippen LogP contribution in [0.1, 0.15) is 12.8 Å². The van der Waals surface area contributed by atoms with Crippen molar-refractivity contribution in [3.05, 3.63) is 0 Å². The Balaban J connectivity index is -0.000000114. The third-order valence-electron chi connectivity index (χ3n) is 0.658. The van der Waals surface area contributed by atoms with Crippen LogP contribution in [0.4, 0.5) is 0 Å². The maximum Gasteiger partial charge on any atom is -0.00768 e. The number of nitrogens with two attached hydrogens (primary N) is 2. The van der Waals surface area contributed by atoms with Crippen LogP contribution in [0.25, 0.3) is 0 Å². The molecule has 0 radical (unpaired) electrons. The van der Waals surface area contributed by atoms with E-state index in [9.17, 15) is 0 Å². The monoisotopic (exact) mass is 227 g/mol. The maximum absolute atomic E-state index is 5.16. The van der Waals surface area contributed by atoms with Gasteiger partial charge in [0.15, 0.2) is 0 Å². The van der Waals surface area contributed by atoms with Crippen molar-refractivity contribution < 1.29 is 0 Å². The largest absolute Gasteiger partial charge is 0.330 e. The molecule has 0 aliphatic heterocycles. The molecule has 0 aromatic rings. The average Bonchev–Trinajstić information content (AvgIpc) is 1.82. The van der Waals surface area contributed by atoms with Gasteiger partial charge in [-0.2, -0.15) is 0 Å². The maximum atomic E-state index is 5.16. The van der Waals surface area contributed by atoms with Crippen LogP contribution < -0.4 is 11.5 Å². The highest BCUT2D eigenvalue weighted by molar-refractivity contribution is 8.93. The van der Waals surface area contributed by atoms with Crippen molar-refractivity contribution in [3.8, 4) is 0 Å². The number of rotatable bonds is 3. The zero-order valence-electron chi connectivity index (χ0n) is 7.84. The molecule has 0 rings (SSSR count). The van der Waals surface area contributed by atoms with Gasteiger partial charge in [0.2, 0.25) is 0 Å². The second-order valence-electron chi connectivity index (χ2n) is 2.63. The zero-order valence-corrected chi connectivity index (χ0v) is 9.55. The summed E-state index contributed by atoms with van der Waals surface area (Å²) in [6.45, 7) is 1.55. The van der Waals surface area contributed by atoms with Gasteiger partial charge in [-0.05, 0) is 47.1 Å². The molecule has 0 heterocycles. The number of hydrogen-bond acceptors (Lipinski definition) is 3. The summed E-state index contributed by atoms with van der Waals surface area (Å²) in [6.07, 6.45) is 2.13. The topological polar surface area (TPSA) is 55.3 Å². The molecule has 0 amide bonds. The van der Waals surface area contributed by atoms with Crippen molar-refractivity contribution in [2.45, 2.75) is 12.8 Å². The molecule has 0 fully saturated rings. The SMILES string of the molecule is Br.CN(C)C.NCCCCN. The third-order valence-corrected chi connectivity index (χ3v) is 0.658. The second-order valence-corrected chi connectivity index (χ2v) is 2.63. The van der Waals surface area contributed by atoms with Gasteiger partial charge in [-0.25, -0.2) is 0 Å². The lowest BCUT2D eigenvalue weighted by molar-refractivity contribution is 0.505. The predicted molar refractivity (Wildman–Crippen MR) is 57.3 cm³/mol. The van der Waals surface area contributed by atoms with Gasteiger partial charge in [0.25, 0.3) is 0 Å². The van der Waals surface area contributed by atoms with Crippen molar-refractivity contribution in [3.63, 3.8) is 0 Å². The van der Waals surface area contributed by atoms with Gasteiger partial charge in [-0.3, -0.25) is 0 Å². The molecule has 0 bridgehead atoms. The first-order valence-electron chi connectivity index (χ1n) is 3.66. The minimum Gasteiger partial charge on any atom is -0.330 e. The second kappa shape index (κ2) is 16.8. The first-order chi connectivity index (χ1) is 4.65. The molecular weight excluding hydrogens is 206 g/mol. The Morgan fingerprint density at radius 2 is 1.09 bits per heavy atom. The molecule has 0 aromatic carbocycles. The molecule has 0 atom stereocenters. The summed E-state index contributed by atoms with van der Waals surface area (Å²) in [7, 11) is 6.00. The van der Waals surface area contributed by atoms with Crippen LogP contribution in [0.3, 0.4) is 0 Å². The van der Waals surface area contributed by atoms with Crippen molar-refractivity contribution in [1.82, 2.24) is 4.90 Å². The molecule has 4 heteroatoms. The fourth-order valence-corrected chi connectivity index (χ4v) is 0.289. The van der Waals surface area contributed by atoms with Gasteiger partial charge in [-0.15, -0.1) is 17.0 Å². The Morgan fingerprint density at radius 1 is 0.909 bits per heavy atom. The molecular formula is C7H22BrN3. The molecule has 72 valence electrons. The van der Waals surface area contributed by atoms with Gasteiger partial charge in [0.1, 0.15) is 0 Å². The summed E-state index contributed by atoms with van der Waals surface area (Å²) in [5.41, 5.74) is 10.3. The predicted octanol–water partition coefficient (Wildman–Crippen LogP) is 0.440. The lowest BCUT2D eigenvalue weighted by atomic mass is 10.3. The van der Waals surface area contributed by atoms with Gasteiger partial charge in [0.05, 0.1) is 0 Å². The minimum absolute atomic E-state index is 0. The molecule has 0 spiro atoms. The Labute approximate surface area is 80.9 Å². The normalized spacial score (nSPS) is 8.18. The highest BCUT2D eigenvalue weighted by Gasteiger charge is 1.75. The first kappa shape index (κ1) is 17.4.